The Morgan fingerprint density at radius 2 is 1.64 bits per heavy atom. The minimum absolute atomic E-state index is 0.0259. The van der Waals surface area contributed by atoms with Gasteiger partial charge in [0, 0.05) is 33.1 Å². The van der Waals surface area contributed by atoms with Crippen molar-refractivity contribution in [2.75, 3.05) is 19.6 Å². The van der Waals surface area contributed by atoms with Crippen LogP contribution in [0, 0.1) is 0 Å². The first-order chi connectivity index (χ1) is 17.0. The number of nitrogens with zero attached hydrogens (tertiary/aromatic N) is 2. The van der Waals surface area contributed by atoms with E-state index in [0.717, 1.165) is 27.2 Å². The standard InChI is InChI=1S/C25H24F3N3O4S/c1-17(32)30-12-13-31(36(34,35)22-11-8-19-4-2-3-5-20(19)14-22)23(16-30)24(33)29-15-18-6-9-21(10-7-18)25(26,27)28/h2-11,14,23H,12-13,15-16H2,1H3,(H,29,33). The molecule has 1 fully saturated rings. The summed E-state index contributed by atoms with van der Waals surface area (Å²) < 4.78 is 66.6. The first-order valence-electron chi connectivity index (χ1n) is 11.2. The third-order valence-corrected chi connectivity index (χ3v) is 8.06. The molecule has 11 heteroatoms. The van der Waals surface area contributed by atoms with Crippen molar-refractivity contribution in [1.29, 1.82) is 0 Å². The van der Waals surface area contributed by atoms with Gasteiger partial charge in [0.25, 0.3) is 0 Å². The highest BCUT2D eigenvalue weighted by Gasteiger charge is 2.40. The molecule has 3 aromatic carbocycles. The van der Waals surface area contributed by atoms with Crippen molar-refractivity contribution in [3.63, 3.8) is 0 Å². The maximum Gasteiger partial charge on any atom is 0.416 e. The predicted octanol–water partition coefficient (Wildman–Crippen LogP) is 3.40. The van der Waals surface area contributed by atoms with Gasteiger partial charge in [-0.1, -0.05) is 42.5 Å². The number of rotatable bonds is 5. The number of hydrogen-bond acceptors (Lipinski definition) is 4. The largest absolute Gasteiger partial charge is 0.416 e. The highest BCUT2D eigenvalue weighted by molar-refractivity contribution is 7.89. The molecule has 1 aliphatic heterocycles. The highest BCUT2D eigenvalue weighted by Crippen LogP contribution is 2.29. The van der Waals surface area contributed by atoms with E-state index in [1.54, 1.807) is 24.3 Å². The third-order valence-electron chi connectivity index (χ3n) is 6.15. The second-order valence-electron chi connectivity index (χ2n) is 8.52. The average Bonchev–Trinajstić information content (AvgIpc) is 2.86. The molecule has 0 saturated carbocycles. The Kier molecular flexibility index (Phi) is 7.05. The summed E-state index contributed by atoms with van der Waals surface area (Å²) in [7, 11) is -4.09. The van der Waals surface area contributed by atoms with Crippen molar-refractivity contribution in [2.24, 2.45) is 0 Å². The van der Waals surface area contributed by atoms with Crippen LogP contribution in [0.1, 0.15) is 18.1 Å². The number of alkyl halides is 3. The Morgan fingerprint density at radius 3 is 2.28 bits per heavy atom. The number of piperazine rings is 1. The maximum atomic E-state index is 13.6. The zero-order chi connectivity index (χ0) is 26.1. The van der Waals surface area contributed by atoms with Crippen LogP contribution in [0.5, 0.6) is 0 Å². The number of nitrogens with one attached hydrogen (secondary N) is 1. The zero-order valence-corrected chi connectivity index (χ0v) is 20.1. The van der Waals surface area contributed by atoms with Gasteiger partial charge in [-0.05, 0) is 40.6 Å². The van der Waals surface area contributed by atoms with E-state index in [1.807, 2.05) is 12.1 Å². The summed E-state index contributed by atoms with van der Waals surface area (Å²) in [6.45, 7) is 1.15. The highest BCUT2D eigenvalue weighted by atomic mass is 32.2. The van der Waals surface area contributed by atoms with E-state index in [9.17, 15) is 31.2 Å². The fraction of sp³-hybridized carbons (Fsp3) is 0.280. The number of carbonyl (C=O) groups excluding carboxylic acids is 2. The van der Waals surface area contributed by atoms with Gasteiger partial charge in [0.05, 0.1) is 10.5 Å². The van der Waals surface area contributed by atoms with E-state index < -0.39 is 33.7 Å². The Balaban J connectivity index is 1.57. The molecule has 1 atom stereocenters. The number of amides is 2. The SMILES string of the molecule is CC(=O)N1CCN(S(=O)(=O)c2ccc3ccccc3c2)C(C(=O)NCc2ccc(C(F)(F)F)cc2)C1. The van der Waals surface area contributed by atoms with Gasteiger partial charge in [-0.25, -0.2) is 8.42 Å². The van der Waals surface area contributed by atoms with E-state index in [0.29, 0.717) is 5.56 Å². The number of hydrogen-bond donors (Lipinski definition) is 1. The van der Waals surface area contributed by atoms with E-state index >= 15 is 0 Å². The van der Waals surface area contributed by atoms with Crippen LogP contribution in [0.15, 0.2) is 71.6 Å². The minimum atomic E-state index is -4.47. The minimum Gasteiger partial charge on any atom is -0.351 e. The topological polar surface area (TPSA) is 86.8 Å². The first kappa shape index (κ1) is 25.6. The molecule has 1 saturated heterocycles. The summed E-state index contributed by atoms with van der Waals surface area (Å²) in [5, 5.41) is 4.20. The molecule has 2 amide bonds. The molecule has 4 rings (SSSR count). The van der Waals surface area contributed by atoms with Crippen molar-refractivity contribution in [1.82, 2.24) is 14.5 Å². The molecule has 1 heterocycles. The quantitative estimate of drug-likeness (QED) is 0.560. The van der Waals surface area contributed by atoms with Crippen LogP contribution in [-0.4, -0.2) is 55.1 Å². The summed E-state index contributed by atoms with van der Waals surface area (Å²) >= 11 is 0. The molecule has 1 N–H and O–H groups in total. The summed E-state index contributed by atoms with van der Waals surface area (Å²) in [5.74, 6) is -0.941. The van der Waals surface area contributed by atoms with Crippen LogP contribution < -0.4 is 5.32 Å². The summed E-state index contributed by atoms with van der Waals surface area (Å²) in [4.78, 5) is 26.5. The van der Waals surface area contributed by atoms with Crippen LogP contribution in [-0.2, 0) is 32.3 Å². The van der Waals surface area contributed by atoms with Gasteiger partial charge in [-0.2, -0.15) is 17.5 Å². The van der Waals surface area contributed by atoms with Crippen LogP contribution in [0.3, 0.4) is 0 Å². The lowest BCUT2D eigenvalue weighted by atomic mass is 10.1. The van der Waals surface area contributed by atoms with Crippen molar-refractivity contribution < 1.29 is 31.2 Å². The lowest BCUT2D eigenvalue weighted by Gasteiger charge is -2.39. The second-order valence-corrected chi connectivity index (χ2v) is 10.4. The third kappa shape index (κ3) is 5.36. The smallest absolute Gasteiger partial charge is 0.351 e. The first-order valence-corrected chi connectivity index (χ1v) is 12.6. The van der Waals surface area contributed by atoms with Crippen molar-refractivity contribution >= 4 is 32.6 Å². The summed E-state index contributed by atoms with van der Waals surface area (Å²) in [6, 6.07) is 15.1. The molecule has 190 valence electrons. The average molecular weight is 520 g/mol. The van der Waals surface area contributed by atoms with Crippen molar-refractivity contribution in [3.05, 3.63) is 77.9 Å². The van der Waals surface area contributed by atoms with Gasteiger partial charge in [0.1, 0.15) is 6.04 Å². The molecular formula is C25H24F3N3O4S. The van der Waals surface area contributed by atoms with Gasteiger partial charge >= 0.3 is 6.18 Å². The van der Waals surface area contributed by atoms with Crippen LogP contribution in [0.2, 0.25) is 0 Å². The number of carbonyl (C=O) groups is 2. The molecule has 36 heavy (non-hydrogen) atoms. The van der Waals surface area contributed by atoms with Crippen LogP contribution >= 0.6 is 0 Å². The number of benzene rings is 3. The lowest BCUT2D eigenvalue weighted by molar-refractivity contribution is -0.138. The second kappa shape index (κ2) is 9.90. The van der Waals surface area contributed by atoms with Crippen LogP contribution in [0.4, 0.5) is 13.2 Å². The Labute approximate surface area is 206 Å². The maximum absolute atomic E-state index is 13.6. The fourth-order valence-corrected chi connectivity index (χ4v) is 5.74. The number of fused-ring (bicyclic) bond motifs is 1. The number of halogens is 3. The van der Waals surface area contributed by atoms with Crippen molar-refractivity contribution in [3.8, 4) is 0 Å². The molecule has 0 spiro atoms. The van der Waals surface area contributed by atoms with E-state index in [2.05, 4.69) is 5.32 Å². The molecule has 7 nitrogen and oxygen atoms in total. The lowest BCUT2D eigenvalue weighted by Crippen LogP contribution is -2.61. The Bertz CT molecular complexity index is 1390. The van der Waals surface area contributed by atoms with E-state index in [-0.39, 0.29) is 37.0 Å². The Morgan fingerprint density at radius 1 is 0.972 bits per heavy atom. The zero-order valence-electron chi connectivity index (χ0n) is 19.3. The Hall–Kier alpha value is -3.44. The molecule has 0 radical (unpaired) electrons. The van der Waals surface area contributed by atoms with Gasteiger partial charge < -0.3 is 10.2 Å². The number of sulfonamides is 1. The summed E-state index contributed by atoms with van der Waals surface area (Å²) in [5.41, 5.74) is -0.394. The molecular weight excluding hydrogens is 495 g/mol. The fourth-order valence-electron chi connectivity index (χ4n) is 4.14. The summed E-state index contributed by atoms with van der Waals surface area (Å²) in [6.07, 6.45) is -4.47. The van der Waals surface area contributed by atoms with Crippen LogP contribution in [0.25, 0.3) is 10.8 Å². The molecule has 0 aromatic heterocycles. The molecule has 3 aromatic rings. The molecule has 1 unspecified atom stereocenters. The van der Waals surface area contributed by atoms with Gasteiger partial charge in [-0.3, -0.25) is 9.59 Å². The normalized spacial score (nSPS) is 17.2. The molecule has 0 bridgehead atoms. The van der Waals surface area contributed by atoms with E-state index in [1.165, 1.54) is 30.0 Å². The van der Waals surface area contributed by atoms with E-state index in [4.69, 9.17) is 0 Å². The molecule has 0 aliphatic carbocycles. The monoisotopic (exact) mass is 519 g/mol. The molecule has 1 aliphatic rings. The van der Waals surface area contributed by atoms with Gasteiger partial charge in [-0.15, -0.1) is 0 Å². The predicted molar refractivity (Wildman–Crippen MR) is 127 cm³/mol. The van der Waals surface area contributed by atoms with Gasteiger partial charge in [0.15, 0.2) is 0 Å². The van der Waals surface area contributed by atoms with Crippen molar-refractivity contribution in [2.45, 2.75) is 30.6 Å². The van der Waals surface area contributed by atoms with Gasteiger partial charge in [0.2, 0.25) is 21.8 Å².